The topological polar surface area (TPSA) is 47.0 Å². The first-order valence-corrected chi connectivity index (χ1v) is 7.06. The van der Waals surface area contributed by atoms with Crippen LogP contribution >= 0.6 is 15.9 Å². The Morgan fingerprint density at radius 2 is 2.06 bits per heavy atom. The lowest BCUT2D eigenvalue weighted by molar-refractivity contribution is 0.193. The fourth-order valence-corrected chi connectivity index (χ4v) is 3.02. The number of nitrogens with one attached hydrogen (secondary N) is 1. The summed E-state index contributed by atoms with van der Waals surface area (Å²) in [5, 5.41) is 3.13. The number of ether oxygens (including phenoxy) is 1. The summed E-state index contributed by atoms with van der Waals surface area (Å²) in [7, 11) is 1.88. The lowest BCUT2D eigenvalue weighted by Gasteiger charge is -2.22. The van der Waals surface area contributed by atoms with Crippen molar-refractivity contribution in [1.29, 1.82) is 0 Å². The number of hydrogen-bond acceptors (Lipinski definition) is 4. The highest BCUT2D eigenvalue weighted by Gasteiger charge is 2.27. The van der Waals surface area contributed by atoms with Gasteiger partial charge in [0.15, 0.2) is 0 Å². The molecule has 1 atom stereocenters. The van der Waals surface area contributed by atoms with Gasteiger partial charge in [0, 0.05) is 25.0 Å². The van der Waals surface area contributed by atoms with E-state index in [0.717, 1.165) is 41.4 Å². The van der Waals surface area contributed by atoms with Crippen LogP contribution in [-0.2, 0) is 10.2 Å². The molecular formula is C13H20BrN3O. The molecule has 1 N–H and O–H groups in total. The van der Waals surface area contributed by atoms with Crippen LogP contribution in [0.25, 0.3) is 0 Å². The molecule has 0 saturated carbocycles. The number of rotatable bonds is 2. The Balaban J connectivity index is 2.48. The molecule has 100 valence electrons. The summed E-state index contributed by atoms with van der Waals surface area (Å²) in [4.78, 5) is 9.35. The Labute approximate surface area is 117 Å². The maximum atomic E-state index is 5.43. The van der Waals surface area contributed by atoms with Gasteiger partial charge in [-0.1, -0.05) is 20.8 Å². The van der Waals surface area contributed by atoms with Gasteiger partial charge in [-0.15, -0.1) is 0 Å². The third-order valence-electron chi connectivity index (χ3n) is 3.11. The molecular weight excluding hydrogens is 294 g/mol. The normalized spacial score (nSPS) is 20.2. The lowest BCUT2D eigenvalue weighted by atomic mass is 9.91. The Bertz CT molecular complexity index is 437. The van der Waals surface area contributed by atoms with Gasteiger partial charge < -0.3 is 10.1 Å². The summed E-state index contributed by atoms with van der Waals surface area (Å²) in [6.07, 6.45) is 1.01. The van der Waals surface area contributed by atoms with Crippen LogP contribution in [0.3, 0.4) is 0 Å². The maximum Gasteiger partial charge on any atom is 0.144 e. The number of nitrogens with zero attached hydrogens (tertiary/aromatic N) is 2. The van der Waals surface area contributed by atoms with E-state index in [4.69, 9.17) is 9.72 Å². The second-order valence-corrected chi connectivity index (χ2v) is 6.45. The molecule has 0 bridgehead atoms. The van der Waals surface area contributed by atoms with Crippen molar-refractivity contribution < 1.29 is 4.74 Å². The molecule has 1 aromatic heterocycles. The average molecular weight is 314 g/mol. The third kappa shape index (κ3) is 2.67. The number of aromatic nitrogens is 2. The Kier molecular flexibility index (Phi) is 3.92. The van der Waals surface area contributed by atoms with E-state index in [9.17, 15) is 0 Å². The highest BCUT2D eigenvalue weighted by atomic mass is 79.9. The molecule has 0 aromatic carbocycles. The van der Waals surface area contributed by atoms with Crippen molar-refractivity contribution in [3.05, 3.63) is 16.0 Å². The maximum absolute atomic E-state index is 5.43. The van der Waals surface area contributed by atoms with Gasteiger partial charge in [0.05, 0.1) is 16.8 Å². The van der Waals surface area contributed by atoms with Crippen molar-refractivity contribution in [2.45, 2.75) is 38.5 Å². The van der Waals surface area contributed by atoms with E-state index in [1.165, 1.54) is 0 Å². The van der Waals surface area contributed by atoms with Crippen LogP contribution in [0.15, 0.2) is 4.47 Å². The highest BCUT2D eigenvalue weighted by molar-refractivity contribution is 9.10. The van der Waals surface area contributed by atoms with Crippen molar-refractivity contribution in [3.8, 4) is 0 Å². The summed E-state index contributed by atoms with van der Waals surface area (Å²) < 4.78 is 6.39. The molecule has 0 amide bonds. The number of anilines is 1. The van der Waals surface area contributed by atoms with Gasteiger partial charge >= 0.3 is 0 Å². The second kappa shape index (κ2) is 5.13. The predicted octanol–water partition coefficient (Wildman–Crippen LogP) is 3.08. The van der Waals surface area contributed by atoms with Crippen LogP contribution < -0.4 is 5.32 Å². The second-order valence-electron chi connectivity index (χ2n) is 5.65. The van der Waals surface area contributed by atoms with E-state index < -0.39 is 0 Å². The summed E-state index contributed by atoms with van der Waals surface area (Å²) in [6, 6.07) is 0. The molecule has 0 spiro atoms. The zero-order valence-electron chi connectivity index (χ0n) is 11.4. The predicted molar refractivity (Wildman–Crippen MR) is 76.2 cm³/mol. The first-order valence-electron chi connectivity index (χ1n) is 6.27. The smallest absolute Gasteiger partial charge is 0.144 e. The van der Waals surface area contributed by atoms with E-state index in [0.29, 0.717) is 5.92 Å². The average Bonchev–Trinajstić information content (AvgIpc) is 2.81. The molecule has 1 unspecified atom stereocenters. The minimum atomic E-state index is -0.0123. The molecule has 18 heavy (non-hydrogen) atoms. The molecule has 1 aliphatic heterocycles. The fourth-order valence-electron chi connectivity index (χ4n) is 2.05. The lowest BCUT2D eigenvalue weighted by Crippen LogP contribution is -2.19. The van der Waals surface area contributed by atoms with Gasteiger partial charge in [-0.2, -0.15) is 0 Å². The number of hydrogen-bond donors (Lipinski definition) is 1. The first-order chi connectivity index (χ1) is 8.43. The van der Waals surface area contributed by atoms with Crippen LogP contribution in [-0.4, -0.2) is 30.2 Å². The van der Waals surface area contributed by atoms with Crippen LogP contribution in [0.5, 0.6) is 0 Å². The van der Waals surface area contributed by atoms with E-state index in [1.807, 2.05) is 7.05 Å². The molecule has 1 aliphatic rings. The summed E-state index contributed by atoms with van der Waals surface area (Å²) in [5.41, 5.74) is 1.03. The highest BCUT2D eigenvalue weighted by Crippen LogP contribution is 2.34. The molecule has 2 rings (SSSR count). The van der Waals surface area contributed by atoms with E-state index >= 15 is 0 Å². The molecule has 1 saturated heterocycles. The van der Waals surface area contributed by atoms with Crippen molar-refractivity contribution in [2.75, 3.05) is 25.6 Å². The van der Waals surface area contributed by atoms with Gasteiger partial charge in [0.25, 0.3) is 0 Å². The van der Waals surface area contributed by atoms with Gasteiger partial charge in [-0.3, -0.25) is 0 Å². The zero-order chi connectivity index (χ0) is 13.3. The molecule has 0 radical (unpaired) electrons. The van der Waals surface area contributed by atoms with Crippen molar-refractivity contribution >= 4 is 21.7 Å². The Morgan fingerprint density at radius 1 is 1.33 bits per heavy atom. The first kappa shape index (κ1) is 13.7. The SMILES string of the molecule is CNc1nc(C2CCOC2)nc(C(C)(C)C)c1Br. The quantitative estimate of drug-likeness (QED) is 0.911. The molecule has 2 heterocycles. The van der Waals surface area contributed by atoms with Crippen molar-refractivity contribution in [1.82, 2.24) is 9.97 Å². The van der Waals surface area contributed by atoms with Crippen molar-refractivity contribution in [2.24, 2.45) is 0 Å². The summed E-state index contributed by atoms with van der Waals surface area (Å²) >= 11 is 3.60. The van der Waals surface area contributed by atoms with Crippen LogP contribution in [0.2, 0.25) is 0 Å². The van der Waals surface area contributed by atoms with E-state index in [1.54, 1.807) is 0 Å². The minimum Gasteiger partial charge on any atom is -0.381 e. The fraction of sp³-hybridized carbons (Fsp3) is 0.692. The van der Waals surface area contributed by atoms with Crippen molar-refractivity contribution in [3.63, 3.8) is 0 Å². The van der Waals surface area contributed by atoms with Gasteiger partial charge in [0.1, 0.15) is 11.6 Å². The number of halogens is 1. The standard InChI is InChI=1S/C13H20BrN3O/c1-13(2,3)10-9(14)12(15-4)17-11(16-10)8-5-6-18-7-8/h8H,5-7H2,1-4H3,(H,15,16,17). The Morgan fingerprint density at radius 3 is 2.56 bits per heavy atom. The Hall–Kier alpha value is -0.680. The van der Waals surface area contributed by atoms with E-state index in [-0.39, 0.29) is 5.41 Å². The van der Waals surface area contributed by atoms with Crippen LogP contribution in [0.1, 0.15) is 44.6 Å². The summed E-state index contributed by atoms with van der Waals surface area (Å²) in [5.74, 6) is 2.08. The molecule has 0 aliphatic carbocycles. The van der Waals surface area contributed by atoms with Crippen LogP contribution in [0.4, 0.5) is 5.82 Å². The third-order valence-corrected chi connectivity index (χ3v) is 3.86. The molecule has 5 heteroatoms. The molecule has 4 nitrogen and oxygen atoms in total. The van der Waals surface area contributed by atoms with Gasteiger partial charge in [-0.05, 0) is 22.4 Å². The monoisotopic (exact) mass is 313 g/mol. The van der Waals surface area contributed by atoms with E-state index in [2.05, 4.69) is 47.0 Å². The van der Waals surface area contributed by atoms with Gasteiger partial charge in [0.2, 0.25) is 0 Å². The zero-order valence-corrected chi connectivity index (χ0v) is 13.0. The van der Waals surface area contributed by atoms with Gasteiger partial charge in [-0.25, -0.2) is 9.97 Å². The minimum absolute atomic E-state index is 0.0123. The molecule has 1 aromatic rings. The molecule has 1 fully saturated rings. The van der Waals surface area contributed by atoms with Crippen LogP contribution in [0, 0.1) is 0 Å². The largest absolute Gasteiger partial charge is 0.381 e. The summed E-state index contributed by atoms with van der Waals surface area (Å²) in [6.45, 7) is 8.02.